The number of aliphatic imine (C=N–C) groups is 1. The van der Waals surface area contributed by atoms with Crippen molar-refractivity contribution in [2.75, 3.05) is 12.4 Å². The van der Waals surface area contributed by atoms with Gasteiger partial charge in [-0.25, -0.2) is 0 Å². The first-order valence-electron chi connectivity index (χ1n) is 9.14. The number of ether oxygens (including phenoxy) is 1. The molecule has 1 atom stereocenters. The third-order valence-electron chi connectivity index (χ3n) is 4.69. The number of methoxy groups -OCH3 is 1. The van der Waals surface area contributed by atoms with Gasteiger partial charge in [-0.3, -0.25) is 24.7 Å². The highest BCUT2D eigenvalue weighted by Crippen LogP contribution is 2.30. The molecule has 1 aromatic carbocycles. The van der Waals surface area contributed by atoms with Crippen LogP contribution in [0.5, 0.6) is 5.75 Å². The first-order valence-corrected chi connectivity index (χ1v) is 10.0. The Kier molecular flexibility index (Phi) is 6.50. The van der Waals surface area contributed by atoms with Gasteiger partial charge in [0.25, 0.3) is 5.69 Å². The number of non-ortho nitro benzene ring substituents is 1. The summed E-state index contributed by atoms with van der Waals surface area (Å²) in [6.45, 7) is 0. The molecule has 28 heavy (non-hydrogen) atoms. The summed E-state index contributed by atoms with van der Waals surface area (Å²) in [5.74, 6) is -0.367. The molecule has 1 unspecified atom stereocenters. The van der Waals surface area contributed by atoms with Gasteiger partial charge in [0.1, 0.15) is 11.0 Å². The highest BCUT2D eigenvalue weighted by atomic mass is 32.2. The predicted molar refractivity (Wildman–Crippen MR) is 107 cm³/mol. The molecule has 9 nitrogen and oxygen atoms in total. The van der Waals surface area contributed by atoms with Gasteiger partial charge in [-0.2, -0.15) is 0 Å². The second-order valence-corrected chi connectivity index (χ2v) is 7.91. The van der Waals surface area contributed by atoms with Gasteiger partial charge < -0.3 is 15.4 Å². The number of nitro benzene ring substituents is 1. The lowest BCUT2D eigenvalue weighted by Crippen LogP contribution is -2.28. The molecule has 1 saturated heterocycles. The molecule has 0 spiro atoms. The van der Waals surface area contributed by atoms with Crippen LogP contribution in [0.25, 0.3) is 0 Å². The summed E-state index contributed by atoms with van der Waals surface area (Å²) >= 11 is 1.26. The molecule has 2 N–H and O–H groups in total. The van der Waals surface area contributed by atoms with E-state index in [9.17, 15) is 19.7 Å². The number of hydrogen-bond acceptors (Lipinski definition) is 7. The highest BCUT2D eigenvalue weighted by molar-refractivity contribution is 8.15. The molecule has 2 fully saturated rings. The van der Waals surface area contributed by atoms with Crippen LogP contribution in [-0.4, -0.2) is 40.3 Å². The summed E-state index contributed by atoms with van der Waals surface area (Å²) in [5, 5.41) is 16.3. The Labute approximate surface area is 166 Å². The normalized spacial score (nSPS) is 21.4. The minimum Gasteiger partial charge on any atom is -0.495 e. The maximum absolute atomic E-state index is 12.4. The van der Waals surface area contributed by atoms with Crippen LogP contribution >= 0.6 is 11.8 Å². The molecule has 1 saturated carbocycles. The van der Waals surface area contributed by atoms with Gasteiger partial charge in [-0.1, -0.05) is 31.0 Å². The second kappa shape index (κ2) is 9.05. The Bertz CT molecular complexity index is 807. The molecule has 0 radical (unpaired) electrons. The van der Waals surface area contributed by atoms with Crippen LogP contribution in [0.15, 0.2) is 23.2 Å². The summed E-state index contributed by atoms with van der Waals surface area (Å²) in [6.07, 6.45) is 5.51. The number of nitrogens with one attached hydrogen (secondary N) is 2. The summed E-state index contributed by atoms with van der Waals surface area (Å²) in [4.78, 5) is 39.6. The molecule has 1 aromatic rings. The minimum absolute atomic E-state index is 0.0635. The van der Waals surface area contributed by atoms with Gasteiger partial charge in [0.05, 0.1) is 23.8 Å². The Morgan fingerprint density at radius 1 is 1.39 bits per heavy atom. The van der Waals surface area contributed by atoms with E-state index >= 15 is 0 Å². The molecular formula is C18H22N4O5S. The number of anilines is 1. The van der Waals surface area contributed by atoms with Gasteiger partial charge in [0, 0.05) is 18.6 Å². The Hall–Kier alpha value is -2.62. The van der Waals surface area contributed by atoms with Crippen LogP contribution in [0.4, 0.5) is 11.4 Å². The van der Waals surface area contributed by atoms with Crippen molar-refractivity contribution in [3.63, 3.8) is 0 Å². The van der Waals surface area contributed by atoms with Crippen molar-refractivity contribution in [2.24, 2.45) is 4.99 Å². The molecule has 0 bridgehead atoms. The molecule has 1 aliphatic heterocycles. The maximum atomic E-state index is 12.4. The lowest BCUT2D eigenvalue weighted by molar-refractivity contribution is -0.384. The molecule has 1 aliphatic carbocycles. The molecule has 3 rings (SSSR count). The minimum atomic E-state index is -0.577. The van der Waals surface area contributed by atoms with E-state index in [4.69, 9.17) is 4.74 Å². The number of carbonyl (C=O) groups is 2. The summed E-state index contributed by atoms with van der Waals surface area (Å²) < 4.78 is 5.13. The van der Waals surface area contributed by atoms with Crippen molar-refractivity contribution < 1.29 is 19.2 Å². The Morgan fingerprint density at radius 2 is 2.14 bits per heavy atom. The fourth-order valence-corrected chi connectivity index (χ4v) is 4.29. The standard InChI is InChI=1S/C18H22N4O5S/c1-27-14-8-7-12(22(25)26)9-13(14)20-16(23)10-15-17(24)21-18(28-15)19-11-5-3-2-4-6-11/h7-9,11,15H,2-6,10H2,1H3,(H,20,23)(H,19,21,24). The van der Waals surface area contributed by atoms with Crippen LogP contribution < -0.4 is 15.4 Å². The fourth-order valence-electron chi connectivity index (χ4n) is 3.25. The van der Waals surface area contributed by atoms with Crippen molar-refractivity contribution in [2.45, 2.75) is 49.8 Å². The average Bonchev–Trinajstić information content (AvgIpc) is 3.01. The Morgan fingerprint density at radius 3 is 2.82 bits per heavy atom. The molecular weight excluding hydrogens is 384 g/mol. The molecule has 10 heteroatoms. The van der Waals surface area contributed by atoms with Crippen LogP contribution in [0.1, 0.15) is 38.5 Å². The summed E-state index contributed by atoms with van der Waals surface area (Å²) in [5.41, 5.74) is 0.0344. The van der Waals surface area contributed by atoms with E-state index in [0.29, 0.717) is 10.9 Å². The molecule has 0 aromatic heterocycles. The van der Waals surface area contributed by atoms with Gasteiger partial charge in [0.15, 0.2) is 5.17 Å². The molecule has 2 amide bonds. The predicted octanol–water partition coefficient (Wildman–Crippen LogP) is 2.85. The van der Waals surface area contributed by atoms with E-state index in [1.807, 2.05) is 0 Å². The van der Waals surface area contributed by atoms with Gasteiger partial charge in [-0.05, 0) is 18.9 Å². The van der Waals surface area contributed by atoms with E-state index < -0.39 is 16.1 Å². The van der Waals surface area contributed by atoms with Crippen LogP contribution in [-0.2, 0) is 9.59 Å². The summed E-state index contributed by atoms with van der Waals surface area (Å²) in [7, 11) is 1.41. The number of nitrogens with zero attached hydrogens (tertiary/aromatic N) is 2. The third kappa shape index (κ3) is 5.00. The van der Waals surface area contributed by atoms with Gasteiger partial charge >= 0.3 is 0 Å². The number of nitro groups is 1. The molecule has 150 valence electrons. The number of hydrogen-bond donors (Lipinski definition) is 2. The van der Waals surface area contributed by atoms with E-state index in [1.54, 1.807) is 0 Å². The van der Waals surface area contributed by atoms with Crippen molar-refractivity contribution in [1.82, 2.24) is 5.32 Å². The van der Waals surface area contributed by atoms with Crippen LogP contribution in [0, 0.1) is 10.1 Å². The van der Waals surface area contributed by atoms with Crippen molar-refractivity contribution >= 4 is 40.1 Å². The molecule has 2 aliphatic rings. The first kappa shape index (κ1) is 20.1. The number of thioether (sulfide) groups is 1. The number of amidine groups is 1. The number of benzene rings is 1. The van der Waals surface area contributed by atoms with Crippen molar-refractivity contribution in [1.29, 1.82) is 0 Å². The van der Waals surface area contributed by atoms with Crippen molar-refractivity contribution in [3.05, 3.63) is 28.3 Å². The van der Waals surface area contributed by atoms with E-state index in [0.717, 1.165) is 25.7 Å². The lowest BCUT2D eigenvalue weighted by atomic mass is 9.96. The first-order chi connectivity index (χ1) is 13.5. The fraction of sp³-hybridized carbons (Fsp3) is 0.500. The average molecular weight is 406 g/mol. The lowest BCUT2D eigenvalue weighted by Gasteiger charge is -2.17. The number of amides is 2. The van der Waals surface area contributed by atoms with Crippen LogP contribution in [0.2, 0.25) is 0 Å². The highest BCUT2D eigenvalue weighted by Gasteiger charge is 2.33. The van der Waals surface area contributed by atoms with E-state index in [1.165, 1.54) is 43.5 Å². The van der Waals surface area contributed by atoms with Crippen LogP contribution in [0.3, 0.4) is 0 Å². The zero-order chi connectivity index (χ0) is 20.1. The zero-order valence-corrected chi connectivity index (χ0v) is 16.3. The monoisotopic (exact) mass is 406 g/mol. The molecule has 1 heterocycles. The summed E-state index contributed by atoms with van der Waals surface area (Å²) in [6, 6.07) is 4.18. The van der Waals surface area contributed by atoms with Gasteiger partial charge in [-0.15, -0.1) is 0 Å². The quantitative estimate of drug-likeness (QED) is 0.553. The SMILES string of the molecule is COc1ccc([N+](=O)[O-])cc1NC(=O)CC1SC(=NC2CCCCC2)NC1=O. The van der Waals surface area contributed by atoms with Crippen molar-refractivity contribution in [3.8, 4) is 5.75 Å². The smallest absolute Gasteiger partial charge is 0.271 e. The number of carbonyl (C=O) groups excluding carboxylic acids is 2. The van der Waals surface area contributed by atoms with E-state index in [2.05, 4.69) is 15.6 Å². The van der Waals surface area contributed by atoms with Gasteiger partial charge in [0.2, 0.25) is 11.8 Å². The number of rotatable bonds is 6. The third-order valence-corrected chi connectivity index (χ3v) is 5.79. The zero-order valence-electron chi connectivity index (χ0n) is 15.5. The van der Waals surface area contributed by atoms with E-state index in [-0.39, 0.29) is 29.7 Å². The Balaban J connectivity index is 1.62. The second-order valence-electron chi connectivity index (χ2n) is 6.72. The largest absolute Gasteiger partial charge is 0.495 e. The maximum Gasteiger partial charge on any atom is 0.271 e. The topological polar surface area (TPSA) is 123 Å².